The Morgan fingerprint density at radius 2 is 1.38 bits per heavy atom. The lowest BCUT2D eigenvalue weighted by Crippen LogP contribution is -2.37. The lowest BCUT2D eigenvalue weighted by Gasteiger charge is -2.26. The van der Waals surface area contributed by atoms with Gasteiger partial charge in [-0.05, 0) is 73.1 Å². The number of rotatable bonds is 9. The molecule has 11 heteroatoms. The summed E-state index contributed by atoms with van der Waals surface area (Å²) in [5.41, 5.74) is 2.42. The van der Waals surface area contributed by atoms with Crippen molar-refractivity contribution in [1.82, 2.24) is 4.31 Å². The monoisotopic (exact) mass is 578 g/mol. The predicted molar refractivity (Wildman–Crippen MR) is 142 cm³/mol. The van der Waals surface area contributed by atoms with Crippen molar-refractivity contribution in [2.24, 2.45) is 0 Å². The van der Waals surface area contributed by atoms with Crippen molar-refractivity contribution in [3.63, 3.8) is 0 Å². The summed E-state index contributed by atoms with van der Waals surface area (Å²) >= 11 is 0.217. The summed E-state index contributed by atoms with van der Waals surface area (Å²) in [5, 5.41) is 9.22. The van der Waals surface area contributed by atoms with Crippen molar-refractivity contribution in [3.05, 3.63) is 94.3 Å². The lowest BCUT2D eigenvalue weighted by molar-refractivity contribution is -0.118. The fourth-order valence-electron chi connectivity index (χ4n) is 4.75. The number of amides is 1. The molecule has 0 bridgehead atoms. The van der Waals surface area contributed by atoms with E-state index in [0.717, 1.165) is 22.7 Å². The van der Waals surface area contributed by atoms with Crippen LogP contribution >= 0.6 is 11.9 Å². The molecule has 1 N–H and O–H groups in total. The Morgan fingerprint density at radius 1 is 0.825 bits per heavy atom. The molecule has 40 heavy (non-hydrogen) atoms. The van der Waals surface area contributed by atoms with Gasteiger partial charge in [0.1, 0.15) is 4.90 Å². The van der Waals surface area contributed by atoms with Crippen LogP contribution in [-0.2, 0) is 11.3 Å². The molecule has 0 unspecified atom stereocenters. The van der Waals surface area contributed by atoms with E-state index in [9.17, 15) is 36.6 Å². The number of anilines is 1. The highest BCUT2D eigenvalue weighted by molar-refractivity contribution is 7.97. The third-order valence-electron chi connectivity index (χ3n) is 6.90. The smallest absolute Gasteiger partial charge is 0.335 e. The molecule has 3 aromatic rings. The zero-order chi connectivity index (χ0) is 29.0. The van der Waals surface area contributed by atoms with Crippen molar-refractivity contribution in [1.29, 1.82) is 0 Å². The van der Waals surface area contributed by atoms with Gasteiger partial charge in [-0.2, -0.15) is 0 Å². The van der Waals surface area contributed by atoms with Gasteiger partial charge >= 0.3 is 5.97 Å². The van der Waals surface area contributed by atoms with Crippen LogP contribution in [0.5, 0.6) is 0 Å². The molecule has 0 aliphatic heterocycles. The van der Waals surface area contributed by atoms with Crippen molar-refractivity contribution < 1.29 is 36.6 Å². The van der Waals surface area contributed by atoms with Gasteiger partial charge in [0.2, 0.25) is 11.7 Å². The highest BCUT2D eigenvalue weighted by Gasteiger charge is 2.28. The van der Waals surface area contributed by atoms with Crippen LogP contribution in [0.15, 0.2) is 53.4 Å². The number of carboxylic acid groups (broad SMARTS) is 1. The van der Waals surface area contributed by atoms with Crippen LogP contribution in [0.1, 0.15) is 59.5 Å². The number of nitrogens with zero attached hydrogens (tertiary/aromatic N) is 2. The summed E-state index contributed by atoms with van der Waals surface area (Å²) < 4.78 is 70.1. The molecule has 1 aliphatic rings. The number of benzene rings is 3. The van der Waals surface area contributed by atoms with Gasteiger partial charge < -0.3 is 10.0 Å². The highest BCUT2D eigenvalue weighted by atomic mass is 32.2. The fraction of sp³-hybridized carbons (Fsp3) is 0.310. The molecule has 5 nitrogen and oxygen atoms in total. The number of aromatic carboxylic acids is 1. The molecule has 0 atom stereocenters. The second-order valence-corrected chi connectivity index (χ2v) is 10.9. The molecule has 0 spiro atoms. The molecule has 0 heterocycles. The Hall–Kier alpha value is -3.44. The first-order valence-electron chi connectivity index (χ1n) is 12.7. The first-order valence-corrected chi connectivity index (χ1v) is 13.5. The van der Waals surface area contributed by atoms with Gasteiger partial charge in [0.05, 0.1) is 18.7 Å². The van der Waals surface area contributed by atoms with Gasteiger partial charge in [-0.25, -0.2) is 31.1 Å². The highest BCUT2D eigenvalue weighted by Crippen LogP contribution is 2.34. The number of hydrogen-bond donors (Lipinski definition) is 1. The Bertz CT molecular complexity index is 1350. The van der Waals surface area contributed by atoms with Crippen LogP contribution in [-0.4, -0.2) is 34.9 Å². The number of hydrogen-bond acceptors (Lipinski definition) is 4. The van der Waals surface area contributed by atoms with Crippen LogP contribution < -0.4 is 4.90 Å². The first kappa shape index (κ1) is 29.5. The number of carbonyl (C=O) groups is 2. The molecular weight excluding hydrogens is 551 g/mol. The van der Waals surface area contributed by atoms with Crippen LogP contribution in [0.4, 0.5) is 27.6 Å². The van der Waals surface area contributed by atoms with E-state index < -0.39 is 52.4 Å². The summed E-state index contributed by atoms with van der Waals surface area (Å²) in [6.45, 7) is -0.345. The van der Waals surface area contributed by atoms with E-state index in [4.69, 9.17) is 0 Å². The van der Waals surface area contributed by atoms with Gasteiger partial charge in [-0.3, -0.25) is 4.79 Å². The average Bonchev–Trinajstić information content (AvgIpc) is 2.96. The van der Waals surface area contributed by atoms with Crippen molar-refractivity contribution in [3.8, 4) is 0 Å². The zero-order valence-electron chi connectivity index (χ0n) is 21.6. The molecule has 0 radical (unpaired) electrons. The SMILES string of the molecule is CN(CC(=O)N(Cc1ccc(C2CCCCC2)cc1)c1ccc(C(=O)O)cc1)Sc1c(F)c(F)c(F)c(F)c1F. The Balaban J connectivity index is 1.55. The largest absolute Gasteiger partial charge is 0.478 e. The van der Waals surface area contributed by atoms with Crippen molar-refractivity contribution in [2.45, 2.75) is 49.5 Å². The summed E-state index contributed by atoms with van der Waals surface area (Å²) in [6, 6.07) is 13.5. The summed E-state index contributed by atoms with van der Waals surface area (Å²) in [7, 11) is 1.28. The van der Waals surface area contributed by atoms with E-state index in [0.29, 0.717) is 11.6 Å². The Labute approximate surface area is 232 Å². The number of carbonyl (C=O) groups excluding carboxylic acids is 1. The minimum atomic E-state index is -2.26. The van der Waals surface area contributed by atoms with Gasteiger partial charge in [-0.15, -0.1) is 0 Å². The van der Waals surface area contributed by atoms with E-state index >= 15 is 0 Å². The van der Waals surface area contributed by atoms with Crippen molar-refractivity contribution >= 4 is 29.5 Å². The molecule has 0 saturated heterocycles. The molecule has 1 saturated carbocycles. The lowest BCUT2D eigenvalue weighted by atomic mass is 9.84. The summed E-state index contributed by atoms with van der Waals surface area (Å²) in [4.78, 5) is 24.9. The van der Waals surface area contributed by atoms with Gasteiger partial charge in [-0.1, -0.05) is 43.5 Å². The van der Waals surface area contributed by atoms with Crippen LogP contribution in [0.25, 0.3) is 0 Å². The van der Waals surface area contributed by atoms with E-state index in [-0.39, 0.29) is 24.1 Å². The van der Waals surface area contributed by atoms with E-state index in [2.05, 4.69) is 0 Å². The number of halogens is 5. The molecule has 3 aromatic carbocycles. The fourth-order valence-corrected chi connectivity index (χ4v) is 5.58. The molecule has 1 aliphatic carbocycles. The maximum Gasteiger partial charge on any atom is 0.335 e. The van der Waals surface area contributed by atoms with Gasteiger partial charge in [0.15, 0.2) is 23.3 Å². The maximum absolute atomic E-state index is 14.2. The summed E-state index contributed by atoms with van der Waals surface area (Å²) in [5.74, 6) is -11.6. The Morgan fingerprint density at radius 3 is 1.93 bits per heavy atom. The van der Waals surface area contributed by atoms with Crippen LogP contribution in [0, 0.1) is 29.1 Å². The standard InChI is InChI=1S/C29H27F5N2O3S/c1-35(40-28-26(33)24(31)23(30)25(32)27(28)34)16-22(37)36(21-13-11-20(12-14-21)29(38)39)15-17-7-9-19(10-8-17)18-5-3-2-4-6-18/h7-14,18H,2-6,15-16H2,1H3,(H,38,39). The average molecular weight is 579 g/mol. The quantitative estimate of drug-likeness (QED) is 0.125. The molecule has 1 amide bonds. The van der Waals surface area contributed by atoms with E-state index in [1.165, 1.54) is 61.0 Å². The van der Waals surface area contributed by atoms with Gasteiger partial charge in [0, 0.05) is 5.69 Å². The molecule has 4 rings (SSSR count). The third-order valence-corrected chi connectivity index (χ3v) is 7.88. The molecule has 212 valence electrons. The predicted octanol–water partition coefficient (Wildman–Crippen LogP) is 7.30. The molecule has 0 aromatic heterocycles. The van der Waals surface area contributed by atoms with Crippen LogP contribution in [0.3, 0.4) is 0 Å². The molecule has 1 fully saturated rings. The first-order chi connectivity index (χ1) is 19.1. The minimum absolute atomic E-state index is 0.0203. The van der Waals surface area contributed by atoms with Crippen LogP contribution in [0.2, 0.25) is 0 Å². The summed E-state index contributed by atoms with van der Waals surface area (Å²) in [6.07, 6.45) is 5.89. The zero-order valence-corrected chi connectivity index (χ0v) is 22.4. The van der Waals surface area contributed by atoms with Crippen molar-refractivity contribution in [2.75, 3.05) is 18.5 Å². The normalized spacial score (nSPS) is 14.0. The Kier molecular flexibility index (Phi) is 9.47. The second-order valence-electron chi connectivity index (χ2n) is 9.68. The van der Waals surface area contributed by atoms with E-state index in [1.54, 1.807) is 0 Å². The molecular formula is C29H27F5N2O3S. The maximum atomic E-state index is 14.2. The minimum Gasteiger partial charge on any atom is -0.478 e. The van der Waals surface area contributed by atoms with E-state index in [1.807, 2.05) is 24.3 Å². The van der Waals surface area contributed by atoms with Gasteiger partial charge in [0.25, 0.3) is 0 Å². The number of carboxylic acids is 1. The topological polar surface area (TPSA) is 60.9 Å². The number of likely N-dealkylation sites (N-methyl/N-ethyl adjacent to an activating group) is 1. The third kappa shape index (κ3) is 6.64. The second kappa shape index (κ2) is 12.8.